The Morgan fingerprint density at radius 1 is 1.03 bits per heavy atom. The number of alkyl halides is 3. The maximum absolute atomic E-state index is 13.4. The zero-order valence-electron chi connectivity index (χ0n) is 18.1. The highest BCUT2D eigenvalue weighted by Gasteiger charge is 2.46. The number of ether oxygens (including phenoxy) is 2. The van der Waals surface area contributed by atoms with Gasteiger partial charge in [0.2, 0.25) is 6.04 Å². The zero-order chi connectivity index (χ0) is 24.9. The first-order chi connectivity index (χ1) is 16.1. The maximum Gasteiger partial charge on any atom is 0.417 e. The molecule has 0 aromatic heterocycles. The van der Waals surface area contributed by atoms with E-state index in [0.717, 1.165) is 29.4 Å². The van der Waals surface area contributed by atoms with Gasteiger partial charge < -0.3 is 25.2 Å². The number of methoxy groups -OCH3 is 1. The molecule has 0 bridgehead atoms. The predicted octanol–water partition coefficient (Wildman–Crippen LogP) is 3.06. The molecule has 0 spiro atoms. The van der Waals surface area contributed by atoms with Gasteiger partial charge in [0.1, 0.15) is 6.61 Å². The van der Waals surface area contributed by atoms with Crippen LogP contribution in [0.5, 0.6) is 0 Å². The van der Waals surface area contributed by atoms with E-state index in [9.17, 15) is 27.6 Å². The molecule has 2 aromatic carbocycles. The number of nitrogens with one attached hydrogen (secondary N) is 2. The van der Waals surface area contributed by atoms with Gasteiger partial charge in [-0.15, -0.1) is 0 Å². The molecule has 0 saturated heterocycles. The molecule has 3 N–H and O–H groups in total. The van der Waals surface area contributed by atoms with E-state index in [1.54, 1.807) is 5.32 Å². The molecule has 0 radical (unpaired) electrons. The van der Waals surface area contributed by atoms with Gasteiger partial charge in [0.25, 0.3) is 5.91 Å². The number of carbonyl (C=O) groups is 3. The van der Waals surface area contributed by atoms with Crippen LogP contribution in [0.4, 0.5) is 18.0 Å². The first-order valence-corrected chi connectivity index (χ1v) is 10.3. The van der Waals surface area contributed by atoms with Crippen LogP contribution in [0.15, 0.2) is 48.5 Å². The van der Waals surface area contributed by atoms with Gasteiger partial charge in [-0.25, -0.2) is 9.59 Å². The summed E-state index contributed by atoms with van der Waals surface area (Å²) in [7, 11) is 1.12. The minimum Gasteiger partial charge on any atom is -0.479 e. The van der Waals surface area contributed by atoms with E-state index in [1.807, 2.05) is 53.8 Å². The summed E-state index contributed by atoms with van der Waals surface area (Å²) in [5.74, 6) is -3.22. The van der Waals surface area contributed by atoms with Gasteiger partial charge in [-0.3, -0.25) is 4.79 Å². The Bertz CT molecular complexity index is 1010. The summed E-state index contributed by atoms with van der Waals surface area (Å²) in [6, 6.07) is 12.0. The molecule has 2 unspecified atom stereocenters. The number of alkyl carbamates (subject to hydrolysis) is 1. The monoisotopic (exact) mass is 480 g/mol. The molecule has 0 fully saturated rings. The van der Waals surface area contributed by atoms with Crippen LogP contribution >= 0.6 is 0 Å². The summed E-state index contributed by atoms with van der Waals surface area (Å²) in [6.45, 7) is -0.622. The van der Waals surface area contributed by atoms with Crippen molar-refractivity contribution in [2.24, 2.45) is 0 Å². The first-order valence-electron chi connectivity index (χ1n) is 10.3. The number of carboxylic acids is 1. The molecule has 182 valence electrons. The van der Waals surface area contributed by atoms with Crippen molar-refractivity contribution >= 4 is 18.0 Å². The molecule has 1 aliphatic rings. The normalized spacial score (nSPS) is 14.5. The zero-order valence-corrected chi connectivity index (χ0v) is 18.1. The molecule has 3 rings (SSSR count). The van der Waals surface area contributed by atoms with Crippen LogP contribution in [0.1, 0.15) is 23.5 Å². The molecule has 8 nitrogen and oxygen atoms in total. The third-order valence-corrected chi connectivity index (χ3v) is 5.46. The Morgan fingerprint density at radius 3 is 2.09 bits per heavy atom. The van der Waals surface area contributed by atoms with Crippen LogP contribution in [0, 0.1) is 0 Å². The predicted molar refractivity (Wildman–Crippen MR) is 114 cm³/mol. The van der Waals surface area contributed by atoms with Gasteiger partial charge in [0, 0.05) is 26.0 Å². The highest BCUT2D eigenvalue weighted by Crippen LogP contribution is 2.44. The molecular formula is C23H23F3N2O6. The molecule has 2 aromatic rings. The van der Waals surface area contributed by atoms with E-state index in [4.69, 9.17) is 9.84 Å². The topological polar surface area (TPSA) is 114 Å². The second kappa shape index (κ2) is 10.6. The molecule has 0 saturated carbocycles. The SMILES string of the molecule is COC(CCNC(=O)C(NC(=O)OCC1c2ccccc2-c2ccccc21)C(F)(F)F)C(=O)O. The van der Waals surface area contributed by atoms with Crippen molar-refractivity contribution in [1.82, 2.24) is 10.6 Å². The Balaban J connectivity index is 1.61. The fourth-order valence-electron chi connectivity index (χ4n) is 3.82. The van der Waals surface area contributed by atoms with Crippen LogP contribution in [-0.2, 0) is 19.1 Å². The molecule has 2 amide bonds. The average molecular weight is 480 g/mol. The summed E-state index contributed by atoms with van der Waals surface area (Å²) in [4.78, 5) is 35.1. The van der Waals surface area contributed by atoms with Crippen molar-refractivity contribution in [2.45, 2.75) is 30.7 Å². The largest absolute Gasteiger partial charge is 0.479 e. The van der Waals surface area contributed by atoms with E-state index in [1.165, 1.54) is 0 Å². The number of amides is 2. The van der Waals surface area contributed by atoms with Gasteiger partial charge in [-0.05, 0) is 22.3 Å². The lowest BCUT2D eigenvalue weighted by Gasteiger charge is -2.22. The summed E-state index contributed by atoms with van der Waals surface area (Å²) in [5.41, 5.74) is 3.67. The minimum atomic E-state index is -5.09. The van der Waals surface area contributed by atoms with Gasteiger partial charge in [0.05, 0.1) is 0 Å². The van der Waals surface area contributed by atoms with Gasteiger partial charge in [-0.2, -0.15) is 13.2 Å². The highest BCUT2D eigenvalue weighted by atomic mass is 19.4. The number of hydrogen-bond acceptors (Lipinski definition) is 5. The second-order valence-corrected chi connectivity index (χ2v) is 7.59. The van der Waals surface area contributed by atoms with E-state index >= 15 is 0 Å². The van der Waals surface area contributed by atoms with Crippen LogP contribution < -0.4 is 10.6 Å². The maximum atomic E-state index is 13.4. The van der Waals surface area contributed by atoms with Gasteiger partial charge in [0.15, 0.2) is 6.10 Å². The average Bonchev–Trinajstić information content (AvgIpc) is 3.11. The number of hydrogen-bond donors (Lipinski definition) is 3. The standard InChI is InChI=1S/C23H23F3N2O6/c1-33-18(21(30)31)10-11-27-20(29)19(23(24,25)26)28-22(32)34-12-17-15-8-4-2-6-13(15)14-7-3-5-9-16(14)17/h2-9,17-19H,10-12H2,1H3,(H,27,29)(H,28,32)(H,30,31). The van der Waals surface area contributed by atoms with E-state index in [0.29, 0.717) is 0 Å². The Morgan fingerprint density at radius 2 is 1.59 bits per heavy atom. The lowest BCUT2D eigenvalue weighted by Crippen LogP contribution is -2.55. The summed E-state index contributed by atoms with van der Waals surface area (Å²) >= 11 is 0. The summed E-state index contributed by atoms with van der Waals surface area (Å²) in [6.07, 6.45) is -8.05. The third kappa shape index (κ3) is 5.66. The van der Waals surface area contributed by atoms with Crippen molar-refractivity contribution < 1.29 is 42.1 Å². The smallest absolute Gasteiger partial charge is 0.417 e. The Hall–Kier alpha value is -3.60. The number of halogens is 3. The molecule has 0 aliphatic heterocycles. The lowest BCUT2D eigenvalue weighted by molar-refractivity contribution is -0.167. The van der Waals surface area contributed by atoms with Crippen LogP contribution in [-0.4, -0.2) is 61.7 Å². The van der Waals surface area contributed by atoms with Crippen molar-refractivity contribution in [3.8, 4) is 11.1 Å². The third-order valence-electron chi connectivity index (χ3n) is 5.46. The number of fused-ring (bicyclic) bond motifs is 3. The number of carbonyl (C=O) groups excluding carboxylic acids is 2. The van der Waals surface area contributed by atoms with Crippen molar-refractivity contribution in [2.75, 3.05) is 20.3 Å². The van der Waals surface area contributed by atoms with Gasteiger partial charge >= 0.3 is 18.2 Å². The number of carboxylic acid groups (broad SMARTS) is 1. The van der Waals surface area contributed by atoms with E-state index in [2.05, 4.69) is 4.74 Å². The molecule has 2 atom stereocenters. The highest BCUT2D eigenvalue weighted by molar-refractivity contribution is 5.86. The minimum absolute atomic E-state index is 0.222. The van der Waals surface area contributed by atoms with Crippen LogP contribution in [0.2, 0.25) is 0 Å². The molecule has 0 heterocycles. The number of benzene rings is 2. The fraction of sp³-hybridized carbons (Fsp3) is 0.348. The molecule has 1 aliphatic carbocycles. The Kier molecular flexibility index (Phi) is 7.77. The lowest BCUT2D eigenvalue weighted by atomic mass is 9.98. The molecular weight excluding hydrogens is 457 g/mol. The Labute approximate surface area is 193 Å². The number of rotatable bonds is 9. The van der Waals surface area contributed by atoms with Gasteiger partial charge in [-0.1, -0.05) is 48.5 Å². The first kappa shape index (κ1) is 25.0. The van der Waals surface area contributed by atoms with Crippen molar-refractivity contribution in [3.05, 3.63) is 59.7 Å². The van der Waals surface area contributed by atoms with Crippen LogP contribution in [0.25, 0.3) is 11.1 Å². The summed E-state index contributed by atoms with van der Waals surface area (Å²) < 4.78 is 49.9. The molecule has 34 heavy (non-hydrogen) atoms. The van der Waals surface area contributed by atoms with E-state index < -0.39 is 42.8 Å². The second-order valence-electron chi connectivity index (χ2n) is 7.59. The van der Waals surface area contributed by atoms with Crippen LogP contribution in [0.3, 0.4) is 0 Å². The molecule has 11 heteroatoms. The fourth-order valence-corrected chi connectivity index (χ4v) is 3.82. The van der Waals surface area contributed by atoms with Crippen molar-refractivity contribution in [3.63, 3.8) is 0 Å². The quantitative estimate of drug-likeness (QED) is 0.509. The number of aliphatic carboxylic acids is 1. The summed E-state index contributed by atoms with van der Waals surface area (Å²) in [5, 5.41) is 12.4. The van der Waals surface area contributed by atoms with Crippen molar-refractivity contribution in [1.29, 1.82) is 0 Å². The van der Waals surface area contributed by atoms with E-state index in [-0.39, 0.29) is 18.9 Å².